The van der Waals surface area contributed by atoms with Crippen molar-refractivity contribution in [3.8, 4) is 0 Å². The SMILES string of the molecule is CO[CH]P=O. The van der Waals surface area contributed by atoms with E-state index in [-0.39, 0.29) is 8.46 Å². The molecule has 0 saturated carbocycles. The van der Waals surface area contributed by atoms with Gasteiger partial charge in [-0.3, -0.25) is 4.57 Å². The van der Waals surface area contributed by atoms with E-state index in [1.54, 1.807) is 0 Å². The highest BCUT2D eigenvalue weighted by Crippen LogP contribution is 1.94. The van der Waals surface area contributed by atoms with Gasteiger partial charge in [0.05, 0.1) is 0 Å². The van der Waals surface area contributed by atoms with Crippen LogP contribution in [0.15, 0.2) is 0 Å². The van der Waals surface area contributed by atoms with Crippen molar-refractivity contribution in [3.05, 3.63) is 6.35 Å². The molecule has 0 amide bonds. The Bertz CT molecular complexity index is 28.8. The lowest BCUT2D eigenvalue weighted by Crippen LogP contribution is -1.60. The van der Waals surface area contributed by atoms with Crippen molar-refractivity contribution >= 4 is 8.46 Å². The maximum atomic E-state index is 9.32. The Labute approximate surface area is 32.3 Å². The molecule has 0 unspecified atom stereocenters. The minimum absolute atomic E-state index is 0.0675. The molecule has 0 saturated heterocycles. The van der Waals surface area contributed by atoms with Crippen molar-refractivity contribution < 1.29 is 9.30 Å². The van der Waals surface area contributed by atoms with E-state index in [9.17, 15) is 4.57 Å². The standard InChI is InChI=1S/C2H4O2P/c1-4-2-5-3/h2H,1H3. The molecule has 0 fully saturated rings. The number of ether oxygens (including phenoxy) is 1. The number of methoxy groups -OCH3 is 1. The molecule has 0 aliphatic rings. The summed E-state index contributed by atoms with van der Waals surface area (Å²) in [5, 5.41) is 0. The third-order valence-electron chi connectivity index (χ3n) is 0.148. The van der Waals surface area contributed by atoms with Gasteiger partial charge in [-0.05, 0) is 0 Å². The van der Waals surface area contributed by atoms with Gasteiger partial charge < -0.3 is 4.74 Å². The molecule has 2 nitrogen and oxygen atoms in total. The summed E-state index contributed by atoms with van der Waals surface area (Å²) >= 11 is 0. The van der Waals surface area contributed by atoms with Crippen molar-refractivity contribution in [2.24, 2.45) is 0 Å². The first-order valence-corrected chi connectivity index (χ1v) is 1.97. The Hall–Kier alpha value is 0.0600. The minimum Gasteiger partial charge on any atom is -0.366 e. The molecule has 0 rings (SSSR count). The zero-order valence-corrected chi connectivity index (χ0v) is 3.74. The first kappa shape index (κ1) is 5.06. The monoisotopic (exact) mass is 91.0 g/mol. The van der Waals surface area contributed by atoms with Gasteiger partial charge in [0, 0.05) is 7.11 Å². The molecule has 3 heteroatoms. The lowest BCUT2D eigenvalue weighted by Gasteiger charge is -1.72. The zero-order valence-electron chi connectivity index (χ0n) is 2.84. The summed E-state index contributed by atoms with van der Waals surface area (Å²) in [7, 11) is 1.38. The molecule has 0 aromatic rings. The summed E-state index contributed by atoms with van der Waals surface area (Å²) < 4.78 is 13.6. The fourth-order valence-electron chi connectivity index (χ4n) is 0.0430. The van der Waals surface area contributed by atoms with E-state index >= 15 is 0 Å². The highest BCUT2D eigenvalue weighted by atomic mass is 31.1. The second-order valence-corrected chi connectivity index (χ2v) is 0.868. The number of rotatable bonds is 2. The van der Waals surface area contributed by atoms with Crippen LogP contribution >= 0.6 is 8.46 Å². The predicted octanol–water partition coefficient (Wildman–Crippen LogP) is 1.04. The first-order valence-electron chi connectivity index (χ1n) is 1.08. The van der Waals surface area contributed by atoms with E-state index in [0.717, 1.165) is 0 Å². The average Bonchev–Trinajstić information content (AvgIpc) is 1.41. The second kappa shape index (κ2) is 4.06. The van der Waals surface area contributed by atoms with Crippen LogP contribution in [-0.4, -0.2) is 7.11 Å². The molecular formula is C2H4O2P. The largest absolute Gasteiger partial charge is 0.366 e. The normalized spacial score (nSPS) is 9.00. The Morgan fingerprint density at radius 1 is 2.00 bits per heavy atom. The molecule has 0 N–H and O–H groups in total. The van der Waals surface area contributed by atoms with Crippen LogP contribution < -0.4 is 0 Å². The van der Waals surface area contributed by atoms with E-state index in [1.165, 1.54) is 13.5 Å². The first-order chi connectivity index (χ1) is 2.41. The van der Waals surface area contributed by atoms with E-state index in [1.807, 2.05) is 0 Å². The molecule has 29 valence electrons. The van der Waals surface area contributed by atoms with Crippen LogP contribution in [0.3, 0.4) is 0 Å². The Kier molecular flexibility index (Phi) is 4.11. The fraction of sp³-hybridized carbons (Fsp3) is 0.500. The molecular weight excluding hydrogens is 87.0 g/mol. The Morgan fingerprint density at radius 2 is 2.60 bits per heavy atom. The maximum Gasteiger partial charge on any atom is 0.191 e. The van der Waals surface area contributed by atoms with Crippen LogP contribution in [-0.2, 0) is 9.30 Å². The van der Waals surface area contributed by atoms with E-state index in [0.29, 0.717) is 0 Å². The van der Waals surface area contributed by atoms with Crippen molar-refractivity contribution in [1.82, 2.24) is 0 Å². The summed E-state index contributed by atoms with van der Waals surface area (Å²) in [5.74, 6) is 0. The molecule has 0 aliphatic heterocycles. The van der Waals surface area contributed by atoms with Gasteiger partial charge in [-0.25, -0.2) is 0 Å². The summed E-state index contributed by atoms with van der Waals surface area (Å²) in [5.41, 5.74) is 0. The van der Waals surface area contributed by atoms with E-state index < -0.39 is 0 Å². The van der Waals surface area contributed by atoms with Crippen LogP contribution in [0.1, 0.15) is 0 Å². The molecule has 0 spiro atoms. The maximum absolute atomic E-state index is 9.32. The number of hydrogen-bond acceptors (Lipinski definition) is 2. The van der Waals surface area contributed by atoms with Gasteiger partial charge in [0.25, 0.3) is 0 Å². The smallest absolute Gasteiger partial charge is 0.191 e. The topological polar surface area (TPSA) is 26.3 Å². The van der Waals surface area contributed by atoms with Gasteiger partial charge >= 0.3 is 0 Å². The molecule has 0 aromatic carbocycles. The third kappa shape index (κ3) is 4.06. The zero-order chi connectivity index (χ0) is 4.12. The average molecular weight is 91.0 g/mol. The summed E-state index contributed by atoms with van der Waals surface area (Å²) in [6.45, 7) is 0. The highest BCUT2D eigenvalue weighted by Gasteiger charge is 1.68. The van der Waals surface area contributed by atoms with E-state index in [4.69, 9.17) is 0 Å². The minimum atomic E-state index is -0.0675. The van der Waals surface area contributed by atoms with Crippen LogP contribution in [0.2, 0.25) is 0 Å². The van der Waals surface area contributed by atoms with Gasteiger partial charge in [-0.2, -0.15) is 0 Å². The van der Waals surface area contributed by atoms with Crippen LogP contribution in [0, 0.1) is 6.35 Å². The molecule has 0 aliphatic carbocycles. The van der Waals surface area contributed by atoms with E-state index in [2.05, 4.69) is 4.74 Å². The van der Waals surface area contributed by atoms with Gasteiger partial charge in [0.2, 0.25) is 0 Å². The summed E-state index contributed by atoms with van der Waals surface area (Å²) in [6, 6.07) is 0. The molecule has 0 aromatic heterocycles. The van der Waals surface area contributed by atoms with Crippen molar-refractivity contribution in [3.63, 3.8) is 0 Å². The number of hydrogen-bond donors (Lipinski definition) is 0. The van der Waals surface area contributed by atoms with Crippen molar-refractivity contribution in [2.75, 3.05) is 7.11 Å². The Balaban J connectivity index is 2.40. The summed E-state index contributed by atoms with van der Waals surface area (Å²) in [4.78, 5) is 0. The quantitative estimate of drug-likeness (QED) is 0.474. The van der Waals surface area contributed by atoms with Gasteiger partial charge in [-0.1, -0.05) is 0 Å². The predicted molar refractivity (Wildman–Crippen MR) is 18.9 cm³/mol. The molecule has 0 bridgehead atoms. The summed E-state index contributed by atoms with van der Waals surface area (Å²) in [6.07, 6.45) is 1.17. The van der Waals surface area contributed by atoms with Crippen LogP contribution in [0.4, 0.5) is 0 Å². The lowest BCUT2D eigenvalue weighted by molar-refractivity contribution is 0.311. The van der Waals surface area contributed by atoms with Crippen LogP contribution in [0.5, 0.6) is 0 Å². The fourth-order valence-corrected chi connectivity index (χ4v) is 0.129. The van der Waals surface area contributed by atoms with Crippen molar-refractivity contribution in [2.45, 2.75) is 0 Å². The molecule has 0 atom stereocenters. The second-order valence-electron chi connectivity index (χ2n) is 0.447. The molecule has 1 radical (unpaired) electrons. The van der Waals surface area contributed by atoms with Gasteiger partial charge in [-0.15, -0.1) is 0 Å². The van der Waals surface area contributed by atoms with Gasteiger partial charge in [0.15, 0.2) is 14.8 Å². The molecule has 5 heavy (non-hydrogen) atoms. The molecule has 0 heterocycles. The lowest BCUT2D eigenvalue weighted by atomic mass is 11.5. The van der Waals surface area contributed by atoms with Gasteiger partial charge in [0.1, 0.15) is 0 Å². The third-order valence-corrected chi connectivity index (χ3v) is 0.445. The highest BCUT2D eigenvalue weighted by molar-refractivity contribution is 7.26. The Morgan fingerprint density at radius 3 is 2.60 bits per heavy atom. The van der Waals surface area contributed by atoms with Crippen LogP contribution in [0.25, 0.3) is 0 Å². The van der Waals surface area contributed by atoms with Crippen molar-refractivity contribution in [1.29, 1.82) is 0 Å².